The van der Waals surface area contributed by atoms with Gasteiger partial charge in [-0.2, -0.15) is 0 Å². The van der Waals surface area contributed by atoms with E-state index in [1.54, 1.807) is 12.1 Å². The summed E-state index contributed by atoms with van der Waals surface area (Å²) in [7, 11) is 1.94. The third-order valence-electron chi connectivity index (χ3n) is 3.14. The van der Waals surface area contributed by atoms with Crippen LogP contribution in [0.5, 0.6) is 0 Å². The second-order valence-electron chi connectivity index (χ2n) is 4.91. The molecule has 6 heteroatoms. The first-order valence-electron chi connectivity index (χ1n) is 6.42. The van der Waals surface area contributed by atoms with Crippen molar-refractivity contribution in [3.63, 3.8) is 0 Å². The van der Waals surface area contributed by atoms with Gasteiger partial charge >= 0.3 is 0 Å². The number of nitro benzene ring substituents is 1. The topological polar surface area (TPSA) is 72.4 Å². The quantitative estimate of drug-likeness (QED) is 0.521. The average molecular weight is 306 g/mol. The molecule has 0 atom stereocenters. The molecule has 0 saturated heterocycles. The molecule has 0 fully saturated rings. The zero-order chi connectivity index (χ0) is 15.4. The summed E-state index contributed by atoms with van der Waals surface area (Å²) in [5, 5.41) is 11.6. The van der Waals surface area contributed by atoms with Crippen molar-refractivity contribution in [1.29, 1.82) is 0 Å². The third-order valence-corrected chi connectivity index (χ3v) is 3.51. The fraction of sp³-hybridized carbons (Fsp3) is 0.200. The Morgan fingerprint density at radius 2 is 1.95 bits per heavy atom. The second-order valence-corrected chi connectivity index (χ2v) is 5.32. The van der Waals surface area contributed by atoms with Crippen LogP contribution in [0.2, 0.25) is 5.02 Å². The molecule has 0 saturated carbocycles. The Labute approximate surface area is 128 Å². The number of rotatable bonds is 5. The molecule has 2 rings (SSSR count). The van der Waals surface area contributed by atoms with E-state index in [1.807, 2.05) is 36.2 Å². The highest BCUT2D eigenvalue weighted by Crippen LogP contribution is 2.23. The summed E-state index contributed by atoms with van der Waals surface area (Å²) < 4.78 is 0. The molecule has 0 aromatic heterocycles. The van der Waals surface area contributed by atoms with E-state index in [4.69, 9.17) is 17.3 Å². The lowest BCUT2D eigenvalue weighted by molar-refractivity contribution is -0.384. The summed E-state index contributed by atoms with van der Waals surface area (Å²) in [4.78, 5) is 12.5. The molecule has 0 radical (unpaired) electrons. The SMILES string of the molecule is CN(Cc1ccc(N)c([N+](=O)[O-])c1)Cc1ccccc1Cl. The van der Waals surface area contributed by atoms with Crippen LogP contribution >= 0.6 is 11.6 Å². The zero-order valence-corrected chi connectivity index (χ0v) is 12.4. The minimum atomic E-state index is -0.465. The Morgan fingerprint density at radius 3 is 2.62 bits per heavy atom. The van der Waals surface area contributed by atoms with Crippen LogP contribution in [0.25, 0.3) is 0 Å². The Morgan fingerprint density at radius 1 is 1.24 bits per heavy atom. The minimum absolute atomic E-state index is 0.0568. The first kappa shape index (κ1) is 15.3. The van der Waals surface area contributed by atoms with E-state index in [9.17, 15) is 10.1 Å². The molecule has 110 valence electrons. The van der Waals surface area contributed by atoms with Gasteiger partial charge in [0.2, 0.25) is 0 Å². The van der Waals surface area contributed by atoms with Gasteiger partial charge in [0.25, 0.3) is 5.69 Å². The summed E-state index contributed by atoms with van der Waals surface area (Å²) in [6.07, 6.45) is 0. The number of nitrogens with two attached hydrogens (primary N) is 1. The van der Waals surface area contributed by atoms with Crippen LogP contribution in [0, 0.1) is 10.1 Å². The van der Waals surface area contributed by atoms with Gasteiger partial charge in [0.15, 0.2) is 0 Å². The van der Waals surface area contributed by atoms with Crippen molar-refractivity contribution in [2.24, 2.45) is 0 Å². The Hall–Kier alpha value is -2.11. The smallest absolute Gasteiger partial charge is 0.292 e. The number of hydrogen-bond acceptors (Lipinski definition) is 4. The van der Waals surface area contributed by atoms with Crippen molar-refractivity contribution in [2.45, 2.75) is 13.1 Å². The molecule has 0 heterocycles. The average Bonchev–Trinajstić information content (AvgIpc) is 2.43. The van der Waals surface area contributed by atoms with Gasteiger partial charge in [-0.15, -0.1) is 0 Å². The summed E-state index contributed by atoms with van der Waals surface area (Å²) in [6, 6.07) is 12.5. The van der Waals surface area contributed by atoms with E-state index in [0.717, 1.165) is 11.1 Å². The lowest BCUT2D eigenvalue weighted by Crippen LogP contribution is -2.17. The van der Waals surface area contributed by atoms with Crippen molar-refractivity contribution < 1.29 is 4.92 Å². The Bertz CT molecular complexity index is 661. The summed E-state index contributed by atoms with van der Waals surface area (Å²) >= 11 is 6.13. The maximum absolute atomic E-state index is 10.9. The van der Waals surface area contributed by atoms with Gasteiger partial charge in [0, 0.05) is 24.2 Å². The van der Waals surface area contributed by atoms with Gasteiger partial charge < -0.3 is 5.73 Å². The number of hydrogen-bond donors (Lipinski definition) is 1. The number of nitrogens with zero attached hydrogens (tertiary/aromatic N) is 2. The molecular weight excluding hydrogens is 290 g/mol. The highest BCUT2D eigenvalue weighted by Gasteiger charge is 2.13. The highest BCUT2D eigenvalue weighted by molar-refractivity contribution is 6.31. The highest BCUT2D eigenvalue weighted by atomic mass is 35.5. The molecule has 2 aromatic carbocycles. The molecule has 0 aliphatic rings. The normalized spacial score (nSPS) is 10.8. The number of benzene rings is 2. The molecule has 2 N–H and O–H groups in total. The van der Waals surface area contributed by atoms with Gasteiger partial charge in [-0.25, -0.2) is 0 Å². The van der Waals surface area contributed by atoms with Gasteiger partial charge in [-0.1, -0.05) is 35.9 Å². The third kappa shape index (κ3) is 3.93. The first-order valence-corrected chi connectivity index (χ1v) is 6.80. The predicted octanol–water partition coefficient (Wildman–Crippen LogP) is 3.46. The lowest BCUT2D eigenvalue weighted by Gasteiger charge is -2.17. The number of anilines is 1. The van der Waals surface area contributed by atoms with Crippen LogP contribution in [-0.2, 0) is 13.1 Å². The molecule has 2 aromatic rings. The number of halogens is 1. The van der Waals surface area contributed by atoms with Crippen LogP contribution < -0.4 is 5.73 Å². The molecule has 0 aliphatic heterocycles. The van der Waals surface area contributed by atoms with Gasteiger partial charge in [-0.3, -0.25) is 15.0 Å². The van der Waals surface area contributed by atoms with E-state index in [-0.39, 0.29) is 11.4 Å². The molecule has 5 nitrogen and oxygen atoms in total. The van der Waals surface area contributed by atoms with E-state index in [0.29, 0.717) is 18.1 Å². The largest absolute Gasteiger partial charge is 0.393 e. The number of nitrogen functional groups attached to an aromatic ring is 1. The van der Waals surface area contributed by atoms with Crippen molar-refractivity contribution in [3.8, 4) is 0 Å². The van der Waals surface area contributed by atoms with E-state index < -0.39 is 4.92 Å². The van der Waals surface area contributed by atoms with Crippen LogP contribution in [0.1, 0.15) is 11.1 Å². The Kier molecular flexibility index (Phi) is 4.77. The molecule has 0 amide bonds. The van der Waals surface area contributed by atoms with Crippen molar-refractivity contribution in [1.82, 2.24) is 4.90 Å². The summed E-state index contributed by atoms with van der Waals surface area (Å²) in [6.45, 7) is 1.24. The van der Waals surface area contributed by atoms with Crippen LogP contribution in [0.15, 0.2) is 42.5 Å². The summed E-state index contributed by atoms with van der Waals surface area (Å²) in [5.74, 6) is 0. The molecular formula is C15H16ClN3O2. The van der Waals surface area contributed by atoms with Gasteiger partial charge in [-0.05, 0) is 30.3 Å². The van der Waals surface area contributed by atoms with Crippen LogP contribution in [0.4, 0.5) is 11.4 Å². The molecule has 0 spiro atoms. The maximum Gasteiger partial charge on any atom is 0.292 e. The standard InChI is InChI=1S/C15H16ClN3O2/c1-18(10-12-4-2-3-5-13(12)16)9-11-6-7-14(17)15(8-11)19(20)21/h2-8H,9-10,17H2,1H3. The number of nitro groups is 1. The molecule has 0 aliphatic carbocycles. The minimum Gasteiger partial charge on any atom is -0.393 e. The van der Waals surface area contributed by atoms with Crippen molar-refractivity contribution in [3.05, 3.63) is 68.7 Å². The van der Waals surface area contributed by atoms with E-state index >= 15 is 0 Å². The van der Waals surface area contributed by atoms with Crippen molar-refractivity contribution in [2.75, 3.05) is 12.8 Å². The maximum atomic E-state index is 10.9. The second kappa shape index (κ2) is 6.56. The predicted molar refractivity (Wildman–Crippen MR) is 84.1 cm³/mol. The van der Waals surface area contributed by atoms with Crippen molar-refractivity contribution >= 4 is 23.0 Å². The van der Waals surface area contributed by atoms with Crippen LogP contribution in [0.3, 0.4) is 0 Å². The zero-order valence-electron chi connectivity index (χ0n) is 11.6. The van der Waals surface area contributed by atoms with Crippen LogP contribution in [-0.4, -0.2) is 16.9 Å². The lowest BCUT2D eigenvalue weighted by atomic mass is 10.1. The molecule has 0 bridgehead atoms. The van der Waals surface area contributed by atoms with E-state index in [2.05, 4.69) is 0 Å². The van der Waals surface area contributed by atoms with E-state index in [1.165, 1.54) is 6.07 Å². The monoisotopic (exact) mass is 305 g/mol. The molecule has 21 heavy (non-hydrogen) atoms. The Balaban J connectivity index is 2.09. The fourth-order valence-corrected chi connectivity index (χ4v) is 2.33. The molecule has 0 unspecified atom stereocenters. The van der Waals surface area contributed by atoms with Gasteiger partial charge in [0.1, 0.15) is 5.69 Å². The first-order chi connectivity index (χ1) is 9.97. The summed E-state index contributed by atoms with van der Waals surface area (Å²) in [5.41, 5.74) is 7.57. The fourth-order valence-electron chi connectivity index (χ4n) is 2.13. The van der Waals surface area contributed by atoms with Gasteiger partial charge in [0.05, 0.1) is 4.92 Å².